The third-order valence-electron chi connectivity index (χ3n) is 0.656. The lowest BCUT2D eigenvalue weighted by molar-refractivity contribution is -0.146. The Morgan fingerprint density at radius 1 is 1.50 bits per heavy atom. The van der Waals surface area contributed by atoms with Crippen molar-refractivity contribution in [3.05, 3.63) is 0 Å². The summed E-state index contributed by atoms with van der Waals surface area (Å²) in [5.41, 5.74) is 0. The van der Waals surface area contributed by atoms with Gasteiger partial charge in [0.2, 0.25) is 0 Å². The molecule has 3 nitrogen and oxygen atoms in total. The number of esters is 1. The number of carbonyl (C=O) groups excluding carboxylic acids is 1. The van der Waals surface area contributed by atoms with Crippen LogP contribution < -0.4 is 0 Å². The van der Waals surface area contributed by atoms with E-state index in [4.69, 9.17) is 4.74 Å². The fourth-order valence-corrected chi connectivity index (χ4v) is 0.346. The van der Waals surface area contributed by atoms with Crippen molar-refractivity contribution in [2.75, 3.05) is 0 Å². The molecule has 0 bridgehead atoms. The van der Waals surface area contributed by atoms with Gasteiger partial charge in [0.05, 0.1) is 6.10 Å². The van der Waals surface area contributed by atoms with Crippen LogP contribution in [0.5, 0.6) is 0 Å². The lowest BCUT2D eigenvalue weighted by Gasteiger charge is -2.04. The van der Waals surface area contributed by atoms with Gasteiger partial charge in [-0.05, 0) is 13.8 Å². The molecule has 4 heteroatoms. The normalized spacial score (nSPS) is 7.60. The maximum absolute atomic E-state index is 10.4. The summed E-state index contributed by atoms with van der Waals surface area (Å²) < 4.78 is 4.76. The van der Waals surface area contributed by atoms with Gasteiger partial charge in [0.1, 0.15) is 0 Å². The Hall–Kier alpha value is -0.280. The molecule has 2 N–H and O–H groups in total. The van der Waals surface area contributed by atoms with Crippen molar-refractivity contribution in [1.29, 1.82) is 0 Å². The van der Waals surface area contributed by atoms with Crippen LogP contribution in [-0.2, 0) is 9.53 Å². The van der Waals surface area contributed by atoms with E-state index in [-0.39, 0.29) is 30.0 Å². The van der Waals surface area contributed by atoms with E-state index in [0.29, 0.717) is 6.42 Å². The summed E-state index contributed by atoms with van der Waals surface area (Å²) in [5.74, 6) is -0.125. The molecule has 0 aromatic heterocycles. The number of halogens is 1. The lowest BCUT2D eigenvalue weighted by Crippen LogP contribution is -2.09. The van der Waals surface area contributed by atoms with Gasteiger partial charge in [-0.1, -0.05) is 6.92 Å². The molecule has 0 amide bonds. The van der Waals surface area contributed by atoms with Crippen molar-refractivity contribution >= 4 is 18.4 Å². The highest BCUT2D eigenvalue weighted by Gasteiger charge is 1.98. The molecule has 0 spiro atoms. The Morgan fingerprint density at radius 3 is 2.00 bits per heavy atom. The largest absolute Gasteiger partial charge is 0.463 e. The standard InChI is InChI=1S/C6H12O2.ClH.H2O/c1-4-6(7)8-5(2)3;;/h5H,4H2,1-3H3;1H;1H2. The van der Waals surface area contributed by atoms with E-state index in [1.54, 1.807) is 6.92 Å². The van der Waals surface area contributed by atoms with Crippen LogP contribution >= 0.6 is 12.4 Å². The third-order valence-corrected chi connectivity index (χ3v) is 0.656. The number of rotatable bonds is 2. The van der Waals surface area contributed by atoms with Gasteiger partial charge >= 0.3 is 5.97 Å². The van der Waals surface area contributed by atoms with Crippen molar-refractivity contribution in [1.82, 2.24) is 0 Å². The van der Waals surface area contributed by atoms with Crippen LogP contribution in [-0.4, -0.2) is 17.5 Å². The van der Waals surface area contributed by atoms with Crippen LogP contribution in [0, 0.1) is 0 Å². The average Bonchev–Trinajstić information content (AvgIpc) is 1.65. The summed E-state index contributed by atoms with van der Waals surface area (Å²) in [7, 11) is 0. The summed E-state index contributed by atoms with van der Waals surface area (Å²) in [6, 6.07) is 0. The zero-order chi connectivity index (χ0) is 6.57. The summed E-state index contributed by atoms with van der Waals surface area (Å²) in [6.07, 6.45) is 0.500. The molecule has 0 saturated carbocycles. The monoisotopic (exact) mass is 170 g/mol. The maximum atomic E-state index is 10.4. The number of hydrogen-bond acceptors (Lipinski definition) is 2. The van der Waals surface area contributed by atoms with Crippen molar-refractivity contribution < 1.29 is 15.0 Å². The number of ether oxygens (including phenoxy) is 1. The molecule has 10 heavy (non-hydrogen) atoms. The molecule has 0 aliphatic heterocycles. The van der Waals surface area contributed by atoms with Crippen LogP contribution in [0.2, 0.25) is 0 Å². The van der Waals surface area contributed by atoms with E-state index in [1.165, 1.54) is 0 Å². The van der Waals surface area contributed by atoms with Crippen LogP contribution in [0.3, 0.4) is 0 Å². The highest BCUT2D eigenvalue weighted by atomic mass is 35.5. The van der Waals surface area contributed by atoms with Crippen molar-refractivity contribution in [2.45, 2.75) is 33.3 Å². The summed E-state index contributed by atoms with van der Waals surface area (Å²) >= 11 is 0. The smallest absolute Gasteiger partial charge is 0.305 e. The van der Waals surface area contributed by atoms with Crippen LogP contribution in [0.1, 0.15) is 27.2 Å². The molecule has 0 saturated heterocycles. The van der Waals surface area contributed by atoms with Crippen LogP contribution in [0.25, 0.3) is 0 Å². The van der Waals surface area contributed by atoms with Crippen LogP contribution in [0.4, 0.5) is 0 Å². The first-order chi connectivity index (χ1) is 3.66. The molecule has 0 fully saturated rings. The zero-order valence-corrected chi connectivity index (χ0v) is 7.33. The maximum Gasteiger partial charge on any atom is 0.305 e. The van der Waals surface area contributed by atoms with Crippen molar-refractivity contribution in [2.24, 2.45) is 0 Å². The molecular weight excluding hydrogens is 156 g/mol. The van der Waals surface area contributed by atoms with Crippen LogP contribution in [0.15, 0.2) is 0 Å². The minimum atomic E-state index is -0.125. The van der Waals surface area contributed by atoms with Gasteiger partial charge in [-0.25, -0.2) is 0 Å². The fraction of sp³-hybridized carbons (Fsp3) is 0.833. The Balaban J connectivity index is -0.000000245. The van der Waals surface area contributed by atoms with Gasteiger partial charge in [-0.2, -0.15) is 0 Å². The average molecular weight is 171 g/mol. The summed E-state index contributed by atoms with van der Waals surface area (Å²) in [6.45, 7) is 5.46. The minimum absolute atomic E-state index is 0. The highest BCUT2D eigenvalue weighted by molar-refractivity contribution is 5.85. The summed E-state index contributed by atoms with van der Waals surface area (Å²) in [5, 5.41) is 0. The second-order valence-electron chi connectivity index (χ2n) is 1.89. The van der Waals surface area contributed by atoms with Gasteiger partial charge in [0.25, 0.3) is 0 Å². The highest BCUT2D eigenvalue weighted by Crippen LogP contribution is 1.90. The molecule has 0 radical (unpaired) electrons. The van der Waals surface area contributed by atoms with Crippen molar-refractivity contribution in [3.63, 3.8) is 0 Å². The van der Waals surface area contributed by atoms with Gasteiger partial charge in [-0.3, -0.25) is 4.79 Å². The van der Waals surface area contributed by atoms with E-state index in [1.807, 2.05) is 13.8 Å². The number of carbonyl (C=O) groups is 1. The van der Waals surface area contributed by atoms with Gasteiger partial charge in [0, 0.05) is 6.42 Å². The van der Waals surface area contributed by atoms with E-state index in [9.17, 15) is 4.79 Å². The van der Waals surface area contributed by atoms with E-state index < -0.39 is 0 Å². The Bertz CT molecular complexity index is 83.1. The molecule has 0 heterocycles. The molecule has 0 unspecified atom stereocenters. The van der Waals surface area contributed by atoms with Crippen molar-refractivity contribution in [3.8, 4) is 0 Å². The predicted octanol–water partition coefficient (Wildman–Crippen LogP) is 0.945. The van der Waals surface area contributed by atoms with E-state index in [2.05, 4.69) is 0 Å². The number of hydrogen-bond donors (Lipinski definition) is 0. The molecule has 0 aromatic carbocycles. The third kappa shape index (κ3) is 10.7. The first kappa shape index (κ1) is 16.4. The van der Waals surface area contributed by atoms with E-state index >= 15 is 0 Å². The molecule has 0 aromatic rings. The molecule has 0 rings (SSSR count). The van der Waals surface area contributed by atoms with Gasteiger partial charge < -0.3 is 10.2 Å². The minimum Gasteiger partial charge on any atom is -0.463 e. The zero-order valence-electron chi connectivity index (χ0n) is 6.51. The first-order valence-electron chi connectivity index (χ1n) is 2.86. The topological polar surface area (TPSA) is 57.8 Å². The first-order valence-corrected chi connectivity index (χ1v) is 2.86. The molecule has 0 aliphatic rings. The second kappa shape index (κ2) is 8.72. The molecule has 0 atom stereocenters. The predicted molar refractivity (Wildman–Crippen MR) is 42.4 cm³/mol. The fourth-order valence-electron chi connectivity index (χ4n) is 0.346. The van der Waals surface area contributed by atoms with Gasteiger partial charge in [-0.15, -0.1) is 12.4 Å². The Labute approximate surface area is 67.5 Å². The van der Waals surface area contributed by atoms with Gasteiger partial charge in [0.15, 0.2) is 0 Å². The quantitative estimate of drug-likeness (QED) is 0.580. The van der Waals surface area contributed by atoms with E-state index in [0.717, 1.165) is 0 Å². The summed E-state index contributed by atoms with van der Waals surface area (Å²) in [4.78, 5) is 10.4. The second-order valence-corrected chi connectivity index (χ2v) is 1.89. The molecule has 64 valence electrons. The lowest BCUT2D eigenvalue weighted by atomic mass is 10.4. The Morgan fingerprint density at radius 2 is 1.90 bits per heavy atom. The molecule has 0 aliphatic carbocycles. The SMILES string of the molecule is CCC(=O)OC(C)C.Cl.O. The Kier molecular flexibility index (Phi) is 14.3. The molecular formula is C6H15ClO3.